The molecule has 1 saturated carbocycles. The van der Waals surface area contributed by atoms with E-state index >= 15 is 0 Å². The Kier molecular flexibility index (Phi) is 5.75. The topological polar surface area (TPSA) is 69.6 Å². The first kappa shape index (κ1) is 16.4. The van der Waals surface area contributed by atoms with Crippen LogP contribution in [0.15, 0.2) is 29.2 Å². The first-order valence-electron chi connectivity index (χ1n) is 7.46. The van der Waals surface area contributed by atoms with Crippen molar-refractivity contribution in [1.29, 1.82) is 0 Å². The average Bonchev–Trinajstić information content (AvgIpc) is 2.99. The van der Waals surface area contributed by atoms with Gasteiger partial charge in [0.2, 0.25) is 10.0 Å². The van der Waals surface area contributed by atoms with E-state index in [1.165, 1.54) is 4.31 Å². The van der Waals surface area contributed by atoms with Crippen LogP contribution in [0, 0.1) is 0 Å². The van der Waals surface area contributed by atoms with Gasteiger partial charge in [-0.15, -0.1) is 0 Å². The molecule has 6 heteroatoms. The molecule has 1 aromatic carbocycles. The van der Waals surface area contributed by atoms with Crippen molar-refractivity contribution in [3.05, 3.63) is 29.8 Å². The number of aliphatic hydroxyl groups is 1. The summed E-state index contributed by atoms with van der Waals surface area (Å²) >= 11 is 0. The highest BCUT2D eigenvalue weighted by Crippen LogP contribution is 2.28. The van der Waals surface area contributed by atoms with E-state index in [-0.39, 0.29) is 19.2 Å². The number of nitrogens with zero attached hydrogens (tertiary/aromatic N) is 1. The van der Waals surface area contributed by atoms with E-state index in [0.29, 0.717) is 11.4 Å². The van der Waals surface area contributed by atoms with Gasteiger partial charge in [-0.1, -0.05) is 25.0 Å². The summed E-state index contributed by atoms with van der Waals surface area (Å²) < 4.78 is 27.0. The summed E-state index contributed by atoms with van der Waals surface area (Å²) in [6.45, 7) is 0.738. The Bertz CT molecular complexity index is 537. The third-order valence-corrected chi connectivity index (χ3v) is 5.93. The van der Waals surface area contributed by atoms with Crippen molar-refractivity contribution in [2.45, 2.75) is 43.2 Å². The normalized spacial score (nSPS) is 16.7. The van der Waals surface area contributed by atoms with Crippen molar-refractivity contribution < 1.29 is 13.5 Å². The summed E-state index contributed by atoms with van der Waals surface area (Å²) in [5, 5.41) is 12.2. The van der Waals surface area contributed by atoms with Gasteiger partial charge < -0.3 is 10.4 Å². The maximum Gasteiger partial charge on any atom is 0.243 e. The van der Waals surface area contributed by atoms with Crippen LogP contribution in [0.2, 0.25) is 0 Å². The molecule has 1 aromatic rings. The molecule has 0 unspecified atom stereocenters. The largest absolute Gasteiger partial charge is 0.395 e. The van der Waals surface area contributed by atoms with Crippen LogP contribution in [0.25, 0.3) is 0 Å². The molecule has 0 saturated heterocycles. The number of hydrogen-bond acceptors (Lipinski definition) is 4. The second-order valence-corrected chi connectivity index (χ2v) is 7.34. The van der Waals surface area contributed by atoms with E-state index in [2.05, 4.69) is 5.32 Å². The SMILES string of the molecule is CNCc1ccc(S(=O)(=O)N(CCO)C2CCCC2)cc1. The Balaban J connectivity index is 2.24. The Morgan fingerprint density at radius 1 is 1.24 bits per heavy atom. The van der Waals surface area contributed by atoms with E-state index in [9.17, 15) is 13.5 Å². The van der Waals surface area contributed by atoms with E-state index < -0.39 is 10.0 Å². The maximum atomic E-state index is 12.8. The fraction of sp³-hybridized carbons (Fsp3) is 0.600. The minimum Gasteiger partial charge on any atom is -0.395 e. The lowest BCUT2D eigenvalue weighted by molar-refractivity contribution is 0.226. The highest BCUT2D eigenvalue weighted by Gasteiger charge is 2.32. The van der Waals surface area contributed by atoms with Crippen LogP contribution in [-0.2, 0) is 16.6 Å². The van der Waals surface area contributed by atoms with Crippen LogP contribution in [0.1, 0.15) is 31.2 Å². The summed E-state index contributed by atoms with van der Waals surface area (Å²) in [6.07, 6.45) is 3.89. The Morgan fingerprint density at radius 2 is 1.86 bits per heavy atom. The average molecular weight is 312 g/mol. The molecule has 0 spiro atoms. The molecular formula is C15H24N2O3S. The molecule has 0 heterocycles. The van der Waals surface area contributed by atoms with Gasteiger partial charge in [-0.05, 0) is 37.6 Å². The zero-order chi connectivity index (χ0) is 15.3. The van der Waals surface area contributed by atoms with Crippen molar-refractivity contribution in [3.8, 4) is 0 Å². The van der Waals surface area contributed by atoms with Gasteiger partial charge in [-0.2, -0.15) is 4.31 Å². The van der Waals surface area contributed by atoms with E-state index in [0.717, 1.165) is 31.2 Å². The maximum absolute atomic E-state index is 12.8. The van der Waals surface area contributed by atoms with Gasteiger partial charge in [0.05, 0.1) is 11.5 Å². The van der Waals surface area contributed by atoms with Gasteiger partial charge in [0, 0.05) is 19.1 Å². The highest BCUT2D eigenvalue weighted by molar-refractivity contribution is 7.89. The van der Waals surface area contributed by atoms with Gasteiger partial charge >= 0.3 is 0 Å². The second kappa shape index (κ2) is 7.35. The molecule has 5 nitrogen and oxygen atoms in total. The number of sulfonamides is 1. The quantitative estimate of drug-likeness (QED) is 0.797. The molecule has 0 radical (unpaired) electrons. The molecule has 0 bridgehead atoms. The van der Waals surface area contributed by atoms with Crippen LogP contribution in [0.5, 0.6) is 0 Å². The molecular weight excluding hydrogens is 288 g/mol. The number of aliphatic hydroxyl groups excluding tert-OH is 1. The van der Waals surface area contributed by atoms with Crippen LogP contribution in [0.3, 0.4) is 0 Å². The van der Waals surface area contributed by atoms with Gasteiger partial charge in [0.15, 0.2) is 0 Å². The van der Waals surface area contributed by atoms with Crippen LogP contribution < -0.4 is 5.32 Å². The zero-order valence-electron chi connectivity index (χ0n) is 12.5. The summed E-state index contributed by atoms with van der Waals surface area (Å²) in [7, 11) is -1.67. The fourth-order valence-electron chi connectivity index (χ4n) is 2.91. The lowest BCUT2D eigenvalue weighted by Crippen LogP contribution is -2.40. The van der Waals surface area contributed by atoms with E-state index in [1.807, 2.05) is 19.2 Å². The summed E-state index contributed by atoms with van der Waals surface area (Å²) in [5.41, 5.74) is 1.05. The molecule has 0 atom stereocenters. The standard InChI is InChI=1S/C15H24N2O3S/c1-16-12-13-6-8-15(9-7-13)21(19,20)17(10-11-18)14-4-2-3-5-14/h6-9,14,16,18H,2-5,10-12H2,1H3. The van der Waals surface area contributed by atoms with Crippen LogP contribution >= 0.6 is 0 Å². The third kappa shape index (κ3) is 3.83. The van der Waals surface area contributed by atoms with Gasteiger partial charge in [0.1, 0.15) is 0 Å². The lowest BCUT2D eigenvalue weighted by atomic mass is 10.2. The first-order valence-corrected chi connectivity index (χ1v) is 8.90. The molecule has 0 aromatic heterocycles. The van der Waals surface area contributed by atoms with Crippen molar-refractivity contribution in [1.82, 2.24) is 9.62 Å². The zero-order valence-corrected chi connectivity index (χ0v) is 13.3. The molecule has 1 aliphatic rings. The van der Waals surface area contributed by atoms with Crippen molar-refractivity contribution in [2.75, 3.05) is 20.2 Å². The second-order valence-electron chi connectivity index (χ2n) is 5.45. The van der Waals surface area contributed by atoms with Crippen LogP contribution in [0.4, 0.5) is 0 Å². The first-order chi connectivity index (χ1) is 10.1. The number of nitrogens with one attached hydrogen (secondary N) is 1. The third-order valence-electron chi connectivity index (χ3n) is 3.96. The molecule has 118 valence electrons. The molecule has 0 aliphatic heterocycles. The highest BCUT2D eigenvalue weighted by atomic mass is 32.2. The minimum atomic E-state index is -3.53. The monoisotopic (exact) mass is 312 g/mol. The molecule has 1 aliphatic carbocycles. The number of rotatable bonds is 7. The smallest absolute Gasteiger partial charge is 0.243 e. The fourth-order valence-corrected chi connectivity index (χ4v) is 4.58. The predicted octanol–water partition coefficient (Wildman–Crippen LogP) is 1.33. The molecule has 2 rings (SSSR count). The molecule has 1 fully saturated rings. The van der Waals surface area contributed by atoms with Crippen molar-refractivity contribution in [2.24, 2.45) is 0 Å². The molecule has 2 N–H and O–H groups in total. The summed E-state index contributed by atoms with van der Waals surface area (Å²) in [6, 6.07) is 6.99. The van der Waals surface area contributed by atoms with Crippen LogP contribution in [-0.4, -0.2) is 44.1 Å². The molecule has 21 heavy (non-hydrogen) atoms. The van der Waals surface area contributed by atoms with Gasteiger partial charge in [-0.3, -0.25) is 0 Å². The lowest BCUT2D eigenvalue weighted by Gasteiger charge is -2.27. The van der Waals surface area contributed by atoms with Gasteiger partial charge in [0.25, 0.3) is 0 Å². The minimum absolute atomic E-state index is 0.0270. The van der Waals surface area contributed by atoms with Crippen molar-refractivity contribution in [3.63, 3.8) is 0 Å². The number of benzene rings is 1. The summed E-state index contributed by atoms with van der Waals surface area (Å²) in [5.74, 6) is 0. The van der Waals surface area contributed by atoms with E-state index in [1.54, 1.807) is 12.1 Å². The Hall–Kier alpha value is -0.950. The van der Waals surface area contributed by atoms with E-state index in [4.69, 9.17) is 0 Å². The molecule has 0 amide bonds. The summed E-state index contributed by atoms with van der Waals surface area (Å²) in [4.78, 5) is 0.308. The van der Waals surface area contributed by atoms with Gasteiger partial charge in [-0.25, -0.2) is 8.42 Å². The van der Waals surface area contributed by atoms with Crippen molar-refractivity contribution >= 4 is 10.0 Å². The Labute approximate surface area is 127 Å². The number of hydrogen-bond donors (Lipinski definition) is 2. The Morgan fingerprint density at radius 3 is 2.38 bits per heavy atom. The predicted molar refractivity (Wildman–Crippen MR) is 82.4 cm³/mol.